The summed E-state index contributed by atoms with van der Waals surface area (Å²) in [7, 11) is 0. The molecule has 0 aliphatic rings. The van der Waals surface area contributed by atoms with Crippen LogP contribution in [0.2, 0.25) is 5.02 Å². The molecule has 0 aliphatic carbocycles. The van der Waals surface area contributed by atoms with Gasteiger partial charge in [0.25, 0.3) is 0 Å². The predicted molar refractivity (Wildman–Crippen MR) is 87.8 cm³/mol. The molecule has 2 aromatic carbocycles. The first kappa shape index (κ1) is 14.0. The van der Waals surface area contributed by atoms with E-state index in [1.165, 1.54) is 0 Å². The number of nitrogens with zero attached hydrogens (tertiary/aromatic N) is 2. The molecule has 0 atom stereocenters. The molecule has 0 N–H and O–H groups in total. The highest BCUT2D eigenvalue weighted by Crippen LogP contribution is 2.27. The lowest BCUT2D eigenvalue weighted by Crippen LogP contribution is -1.78. The molecule has 0 unspecified atom stereocenters. The minimum Gasteiger partial charge on any atom is -0.417 e. The molecular weight excluding hydrogens is 352 g/mol. The van der Waals surface area contributed by atoms with Crippen molar-refractivity contribution >= 4 is 39.7 Å². The highest BCUT2D eigenvalue weighted by atomic mass is 79.9. The fraction of sp³-hybridized carbons (Fsp3) is 0. The van der Waals surface area contributed by atoms with Crippen LogP contribution in [0.5, 0.6) is 0 Å². The summed E-state index contributed by atoms with van der Waals surface area (Å²) >= 11 is 9.55. The first-order valence-corrected chi connectivity index (χ1v) is 7.42. The summed E-state index contributed by atoms with van der Waals surface area (Å²) in [5.41, 5.74) is 1.77. The summed E-state index contributed by atoms with van der Waals surface area (Å²) in [5, 5.41) is 8.74. The van der Waals surface area contributed by atoms with Crippen molar-refractivity contribution in [1.29, 1.82) is 0 Å². The molecule has 0 saturated heterocycles. The average Bonchev–Trinajstić information content (AvgIpc) is 2.96. The number of benzene rings is 2. The van der Waals surface area contributed by atoms with Crippen molar-refractivity contribution in [3.8, 4) is 11.5 Å². The van der Waals surface area contributed by atoms with Crippen molar-refractivity contribution in [3.63, 3.8) is 0 Å². The highest BCUT2D eigenvalue weighted by molar-refractivity contribution is 9.10. The van der Waals surface area contributed by atoms with Gasteiger partial charge in [0.2, 0.25) is 11.8 Å². The van der Waals surface area contributed by atoms with Gasteiger partial charge in [-0.1, -0.05) is 41.9 Å². The Kier molecular flexibility index (Phi) is 4.18. The monoisotopic (exact) mass is 360 g/mol. The number of aromatic nitrogens is 2. The van der Waals surface area contributed by atoms with Gasteiger partial charge in [0.15, 0.2) is 0 Å². The molecule has 1 heterocycles. The van der Waals surface area contributed by atoms with Gasteiger partial charge in [-0.15, -0.1) is 10.2 Å². The van der Waals surface area contributed by atoms with Crippen LogP contribution in [0.15, 0.2) is 57.4 Å². The molecule has 0 fully saturated rings. The number of rotatable bonds is 3. The van der Waals surface area contributed by atoms with Crippen LogP contribution in [-0.2, 0) is 0 Å². The topological polar surface area (TPSA) is 38.9 Å². The Labute approximate surface area is 135 Å². The van der Waals surface area contributed by atoms with E-state index in [1.807, 2.05) is 54.6 Å². The molecule has 21 heavy (non-hydrogen) atoms. The Balaban J connectivity index is 1.86. The summed E-state index contributed by atoms with van der Waals surface area (Å²) in [6.45, 7) is 0. The smallest absolute Gasteiger partial charge is 0.249 e. The molecule has 3 aromatic rings. The number of hydrogen-bond donors (Lipinski definition) is 0. The van der Waals surface area contributed by atoms with Gasteiger partial charge in [0.1, 0.15) is 0 Å². The largest absolute Gasteiger partial charge is 0.417 e. The number of hydrogen-bond acceptors (Lipinski definition) is 3. The first-order chi connectivity index (χ1) is 10.2. The molecule has 104 valence electrons. The Morgan fingerprint density at radius 2 is 1.71 bits per heavy atom. The average molecular weight is 362 g/mol. The second-order valence-electron chi connectivity index (χ2n) is 4.28. The normalized spacial score (nSPS) is 11.1. The lowest BCUT2D eigenvalue weighted by Gasteiger charge is -1.97. The van der Waals surface area contributed by atoms with E-state index in [0.717, 1.165) is 15.6 Å². The summed E-state index contributed by atoms with van der Waals surface area (Å²) < 4.78 is 6.54. The van der Waals surface area contributed by atoms with Crippen molar-refractivity contribution in [2.75, 3.05) is 0 Å². The van der Waals surface area contributed by atoms with E-state index in [9.17, 15) is 0 Å². The standard InChI is InChI=1S/C16H10BrClN2O/c17-13-7-3-2-6-12(13)16-20-19-15(21-16)10-9-11-5-1-4-8-14(11)18/h1-10H/b10-9+. The quantitative estimate of drug-likeness (QED) is 0.633. The Morgan fingerprint density at radius 1 is 0.952 bits per heavy atom. The van der Waals surface area contributed by atoms with Gasteiger partial charge >= 0.3 is 0 Å². The third-order valence-corrected chi connectivity index (χ3v) is 3.89. The highest BCUT2D eigenvalue weighted by Gasteiger charge is 2.09. The van der Waals surface area contributed by atoms with Crippen LogP contribution in [0.4, 0.5) is 0 Å². The molecule has 3 nitrogen and oxygen atoms in total. The maximum Gasteiger partial charge on any atom is 0.249 e. The van der Waals surface area contributed by atoms with Crippen molar-refractivity contribution in [2.45, 2.75) is 0 Å². The molecule has 0 spiro atoms. The molecule has 0 bridgehead atoms. The Morgan fingerprint density at radius 3 is 2.52 bits per heavy atom. The molecule has 0 radical (unpaired) electrons. The molecule has 0 aliphatic heterocycles. The molecule has 3 rings (SSSR count). The van der Waals surface area contributed by atoms with E-state index in [0.29, 0.717) is 16.8 Å². The third-order valence-electron chi connectivity index (χ3n) is 2.86. The van der Waals surface area contributed by atoms with Gasteiger partial charge < -0.3 is 4.42 Å². The number of halogens is 2. The van der Waals surface area contributed by atoms with Crippen molar-refractivity contribution in [1.82, 2.24) is 10.2 Å². The second-order valence-corrected chi connectivity index (χ2v) is 5.54. The fourth-order valence-corrected chi connectivity index (χ4v) is 2.47. The third kappa shape index (κ3) is 3.23. The van der Waals surface area contributed by atoms with E-state index in [4.69, 9.17) is 16.0 Å². The molecular formula is C16H10BrClN2O. The van der Waals surface area contributed by atoms with Crippen molar-refractivity contribution < 1.29 is 4.42 Å². The van der Waals surface area contributed by atoms with Gasteiger partial charge in [-0.2, -0.15) is 0 Å². The maximum atomic E-state index is 6.09. The van der Waals surface area contributed by atoms with Crippen LogP contribution in [0.25, 0.3) is 23.6 Å². The van der Waals surface area contributed by atoms with Crippen LogP contribution in [0.1, 0.15) is 11.5 Å². The molecule has 0 amide bonds. The summed E-state index contributed by atoms with van der Waals surface area (Å²) in [6.07, 6.45) is 3.59. The van der Waals surface area contributed by atoms with Crippen LogP contribution in [0, 0.1) is 0 Å². The maximum absolute atomic E-state index is 6.09. The van der Waals surface area contributed by atoms with E-state index in [-0.39, 0.29) is 0 Å². The minimum atomic E-state index is 0.431. The zero-order chi connectivity index (χ0) is 14.7. The van der Waals surface area contributed by atoms with Gasteiger partial charge in [-0.25, -0.2) is 0 Å². The Hall–Kier alpha value is -1.91. The molecule has 5 heteroatoms. The Bertz CT molecular complexity index is 798. The predicted octanol–water partition coefficient (Wildman–Crippen LogP) is 5.32. The molecule has 1 aromatic heterocycles. The van der Waals surface area contributed by atoms with E-state index >= 15 is 0 Å². The van der Waals surface area contributed by atoms with Crippen LogP contribution in [0.3, 0.4) is 0 Å². The summed E-state index contributed by atoms with van der Waals surface area (Å²) in [5.74, 6) is 0.905. The van der Waals surface area contributed by atoms with Gasteiger partial charge in [-0.05, 0) is 45.8 Å². The lowest BCUT2D eigenvalue weighted by molar-refractivity contribution is 0.557. The summed E-state index contributed by atoms with van der Waals surface area (Å²) in [6, 6.07) is 15.3. The van der Waals surface area contributed by atoms with E-state index in [1.54, 1.807) is 6.08 Å². The second kappa shape index (κ2) is 6.24. The van der Waals surface area contributed by atoms with Crippen molar-refractivity contribution in [3.05, 3.63) is 69.5 Å². The fourth-order valence-electron chi connectivity index (χ4n) is 1.82. The summed E-state index contributed by atoms with van der Waals surface area (Å²) in [4.78, 5) is 0. The van der Waals surface area contributed by atoms with Crippen LogP contribution < -0.4 is 0 Å². The lowest BCUT2D eigenvalue weighted by atomic mass is 10.2. The van der Waals surface area contributed by atoms with Crippen LogP contribution in [-0.4, -0.2) is 10.2 Å². The zero-order valence-corrected chi connectivity index (χ0v) is 13.2. The van der Waals surface area contributed by atoms with Gasteiger partial charge in [0.05, 0.1) is 5.56 Å². The SMILES string of the molecule is Clc1ccccc1/C=C/c1nnc(-c2ccccc2Br)o1. The van der Waals surface area contributed by atoms with Crippen LogP contribution >= 0.6 is 27.5 Å². The zero-order valence-electron chi connectivity index (χ0n) is 10.8. The van der Waals surface area contributed by atoms with Gasteiger partial charge in [0, 0.05) is 15.6 Å². The molecule has 0 saturated carbocycles. The van der Waals surface area contributed by atoms with E-state index in [2.05, 4.69) is 26.1 Å². The minimum absolute atomic E-state index is 0.431. The first-order valence-electron chi connectivity index (χ1n) is 6.25. The van der Waals surface area contributed by atoms with Gasteiger partial charge in [-0.3, -0.25) is 0 Å². The van der Waals surface area contributed by atoms with Crippen molar-refractivity contribution in [2.24, 2.45) is 0 Å². The van der Waals surface area contributed by atoms with E-state index < -0.39 is 0 Å².